The Morgan fingerprint density at radius 1 is 1.19 bits per heavy atom. The Balaban J connectivity index is 2.89. The Morgan fingerprint density at radius 3 is 2.06 bits per heavy atom. The summed E-state index contributed by atoms with van der Waals surface area (Å²) in [5.74, 6) is 0. The lowest BCUT2D eigenvalue weighted by Crippen LogP contribution is -2.20. The molecular weight excluding hydrogens is 284 g/mol. The van der Waals surface area contributed by atoms with Crippen LogP contribution in [-0.4, -0.2) is 19.9 Å². The molecule has 0 spiro atoms. The maximum atomic E-state index is 10.4. The molecule has 2 atom stereocenters. The van der Waals surface area contributed by atoms with Crippen LogP contribution >= 0.6 is 15.9 Å². The first-order chi connectivity index (χ1) is 7.43. The lowest BCUT2D eigenvalue weighted by molar-refractivity contribution is -0.505. The highest BCUT2D eigenvalue weighted by Gasteiger charge is 2.28. The number of nitrogens with zero attached hydrogens (tertiary/aromatic N) is 2. The summed E-state index contributed by atoms with van der Waals surface area (Å²) in [6, 6.07) is 4.91. The van der Waals surface area contributed by atoms with E-state index in [1.807, 2.05) is 0 Å². The largest absolute Gasteiger partial charge is 0.380 e. The second-order valence-corrected chi connectivity index (χ2v) is 3.89. The first kappa shape index (κ1) is 12.5. The summed E-state index contributed by atoms with van der Waals surface area (Å²) in [6.07, 6.45) is -1.35. The normalized spacial score (nSPS) is 14.1. The molecule has 86 valence electrons. The first-order valence-electron chi connectivity index (χ1n) is 4.13. The lowest BCUT2D eigenvalue weighted by Gasteiger charge is -2.10. The molecule has 0 amide bonds. The van der Waals surface area contributed by atoms with Crippen molar-refractivity contribution < 1.29 is 15.0 Å². The third-order valence-electron chi connectivity index (χ3n) is 1.91. The Morgan fingerprint density at radius 2 is 1.69 bits per heavy atom. The third-order valence-corrected chi connectivity index (χ3v) is 2.74. The van der Waals surface area contributed by atoms with Crippen LogP contribution in [0.5, 0.6) is 0 Å². The van der Waals surface area contributed by atoms with E-state index in [-0.39, 0.29) is 11.3 Å². The van der Waals surface area contributed by atoms with Crippen molar-refractivity contribution in [3.05, 3.63) is 50.1 Å². The number of nitro benzene ring substituents is 1. The fourth-order valence-electron chi connectivity index (χ4n) is 1.07. The third kappa shape index (κ3) is 2.74. The van der Waals surface area contributed by atoms with Crippen molar-refractivity contribution in [1.29, 1.82) is 0 Å². The van der Waals surface area contributed by atoms with Gasteiger partial charge in [-0.3, -0.25) is 20.2 Å². The molecular formula is C8H7BrN2O5. The molecule has 0 aliphatic rings. The molecule has 0 saturated heterocycles. The molecule has 0 heterocycles. The Bertz CT molecular complexity index is 407. The standard InChI is InChI=1S/C8H7BrN2O5/c9-8(11(15)16)7(12)5-1-3-6(4-2-5)10(13)14/h1-4,7-8,12H. The van der Waals surface area contributed by atoms with E-state index in [2.05, 4.69) is 15.9 Å². The monoisotopic (exact) mass is 290 g/mol. The molecule has 0 aliphatic carbocycles. The van der Waals surface area contributed by atoms with E-state index < -0.39 is 20.9 Å². The number of benzene rings is 1. The van der Waals surface area contributed by atoms with Crippen molar-refractivity contribution in [1.82, 2.24) is 0 Å². The summed E-state index contributed by atoms with van der Waals surface area (Å²) >= 11 is 2.71. The zero-order valence-electron chi connectivity index (χ0n) is 7.82. The maximum Gasteiger partial charge on any atom is 0.295 e. The fraction of sp³-hybridized carbons (Fsp3) is 0.250. The second-order valence-electron chi connectivity index (χ2n) is 2.95. The van der Waals surface area contributed by atoms with E-state index >= 15 is 0 Å². The predicted molar refractivity (Wildman–Crippen MR) is 57.8 cm³/mol. The van der Waals surface area contributed by atoms with Gasteiger partial charge in [-0.25, -0.2) is 0 Å². The molecule has 1 aromatic rings. The molecule has 0 fully saturated rings. The van der Waals surface area contributed by atoms with Crippen LogP contribution in [0, 0.1) is 20.2 Å². The van der Waals surface area contributed by atoms with Crippen LogP contribution in [-0.2, 0) is 0 Å². The number of non-ortho nitro benzene ring substituents is 1. The summed E-state index contributed by atoms with van der Waals surface area (Å²) < 4.78 is 0. The van der Waals surface area contributed by atoms with Crippen LogP contribution in [0.3, 0.4) is 0 Å². The van der Waals surface area contributed by atoms with Gasteiger partial charge in [0.05, 0.1) is 4.92 Å². The van der Waals surface area contributed by atoms with Crippen LogP contribution in [0.1, 0.15) is 11.7 Å². The Kier molecular flexibility index (Phi) is 3.91. The molecule has 16 heavy (non-hydrogen) atoms. The number of hydrogen-bond acceptors (Lipinski definition) is 5. The van der Waals surface area contributed by atoms with Crippen molar-refractivity contribution in [2.24, 2.45) is 0 Å². The highest BCUT2D eigenvalue weighted by molar-refractivity contribution is 9.09. The van der Waals surface area contributed by atoms with Crippen LogP contribution < -0.4 is 0 Å². The number of rotatable bonds is 4. The van der Waals surface area contributed by atoms with Crippen molar-refractivity contribution in [2.75, 3.05) is 0 Å². The molecule has 0 saturated carbocycles. The summed E-state index contributed by atoms with van der Waals surface area (Å²) in [6.45, 7) is 0. The summed E-state index contributed by atoms with van der Waals surface area (Å²) in [7, 11) is 0. The lowest BCUT2D eigenvalue weighted by atomic mass is 10.1. The van der Waals surface area contributed by atoms with Crippen molar-refractivity contribution in [2.45, 2.75) is 11.1 Å². The number of nitro groups is 2. The van der Waals surface area contributed by atoms with E-state index in [1.165, 1.54) is 24.3 Å². The molecule has 8 heteroatoms. The topological polar surface area (TPSA) is 107 Å². The van der Waals surface area contributed by atoms with Crippen LogP contribution in [0.25, 0.3) is 0 Å². The van der Waals surface area contributed by atoms with E-state index in [0.717, 1.165) is 0 Å². The zero-order chi connectivity index (χ0) is 12.3. The average Bonchev–Trinajstić information content (AvgIpc) is 2.27. The number of halogens is 1. The first-order valence-corrected chi connectivity index (χ1v) is 5.05. The van der Waals surface area contributed by atoms with Crippen LogP contribution in [0.2, 0.25) is 0 Å². The molecule has 0 aliphatic heterocycles. The van der Waals surface area contributed by atoms with Gasteiger partial charge in [0, 0.05) is 17.1 Å². The highest BCUT2D eigenvalue weighted by Crippen LogP contribution is 2.24. The molecule has 2 unspecified atom stereocenters. The summed E-state index contributed by atoms with van der Waals surface area (Å²) in [5, 5.41) is 30.3. The molecule has 1 rings (SSSR count). The van der Waals surface area contributed by atoms with Crippen molar-refractivity contribution in [3.63, 3.8) is 0 Å². The van der Waals surface area contributed by atoms with Gasteiger partial charge in [-0.2, -0.15) is 0 Å². The molecule has 1 N–H and O–H groups in total. The maximum absolute atomic E-state index is 10.4. The van der Waals surface area contributed by atoms with Gasteiger partial charge in [0.2, 0.25) is 0 Å². The van der Waals surface area contributed by atoms with Gasteiger partial charge in [-0.05, 0) is 33.6 Å². The van der Waals surface area contributed by atoms with Gasteiger partial charge in [-0.1, -0.05) is 0 Å². The predicted octanol–water partition coefficient (Wildman–Crippen LogP) is 1.63. The van der Waals surface area contributed by atoms with Crippen LogP contribution in [0.15, 0.2) is 24.3 Å². The van der Waals surface area contributed by atoms with Gasteiger partial charge in [0.1, 0.15) is 0 Å². The number of aliphatic hydroxyl groups is 1. The van der Waals surface area contributed by atoms with Gasteiger partial charge in [0.15, 0.2) is 6.10 Å². The number of aliphatic hydroxyl groups excluding tert-OH is 1. The molecule has 0 aromatic heterocycles. The minimum atomic E-state index is -1.35. The molecule has 7 nitrogen and oxygen atoms in total. The smallest absolute Gasteiger partial charge is 0.295 e. The number of alkyl halides is 1. The second kappa shape index (κ2) is 4.99. The Labute approximate surface area is 98.1 Å². The minimum Gasteiger partial charge on any atom is -0.380 e. The van der Waals surface area contributed by atoms with E-state index in [4.69, 9.17) is 0 Å². The average molecular weight is 291 g/mol. The summed E-state index contributed by atoms with van der Waals surface area (Å²) in [5.41, 5.74) is 0.104. The van der Waals surface area contributed by atoms with Gasteiger partial charge < -0.3 is 5.11 Å². The van der Waals surface area contributed by atoms with Gasteiger partial charge in [-0.15, -0.1) is 0 Å². The van der Waals surface area contributed by atoms with Crippen molar-refractivity contribution >= 4 is 21.6 Å². The van der Waals surface area contributed by atoms with Crippen LogP contribution in [0.4, 0.5) is 5.69 Å². The summed E-state index contributed by atoms with van der Waals surface area (Å²) in [4.78, 5) is 18.1. The van der Waals surface area contributed by atoms with Crippen molar-refractivity contribution in [3.8, 4) is 0 Å². The minimum absolute atomic E-state index is 0.136. The SMILES string of the molecule is O=[N+]([O-])c1ccc(C(O)C(Br)[N+](=O)[O-])cc1. The quantitative estimate of drug-likeness (QED) is 0.392. The van der Waals surface area contributed by atoms with E-state index in [1.54, 1.807) is 0 Å². The number of hydrogen-bond donors (Lipinski definition) is 1. The van der Waals surface area contributed by atoms with E-state index in [0.29, 0.717) is 0 Å². The molecule has 0 radical (unpaired) electrons. The highest BCUT2D eigenvalue weighted by atomic mass is 79.9. The molecule has 0 bridgehead atoms. The van der Waals surface area contributed by atoms with Gasteiger partial charge in [0.25, 0.3) is 10.6 Å². The van der Waals surface area contributed by atoms with E-state index in [9.17, 15) is 25.3 Å². The Hall–Kier alpha value is -1.54. The molecule has 1 aromatic carbocycles. The zero-order valence-corrected chi connectivity index (χ0v) is 9.40. The fourth-order valence-corrected chi connectivity index (χ4v) is 1.37. The van der Waals surface area contributed by atoms with Gasteiger partial charge >= 0.3 is 0 Å².